The first kappa shape index (κ1) is 22.2. The van der Waals surface area contributed by atoms with Gasteiger partial charge in [-0.25, -0.2) is 13.2 Å². The van der Waals surface area contributed by atoms with Gasteiger partial charge < -0.3 is 14.8 Å². The fraction of sp³-hybridized carbons (Fsp3) is 0.300. The normalized spacial score (nSPS) is 11.0. The summed E-state index contributed by atoms with van der Waals surface area (Å²) >= 11 is 0. The Morgan fingerprint density at radius 2 is 1.69 bits per heavy atom. The van der Waals surface area contributed by atoms with Crippen LogP contribution in [0.5, 0.6) is 5.75 Å². The lowest BCUT2D eigenvalue weighted by Crippen LogP contribution is -2.31. The molecule has 2 aromatic rings. The number of carbonyl (C=O) groups excluding carboxylic acids is 2. The molecule has 0 unspecified atom stereocenters. The fourth-order valence-corrected chi connectivity index (χ4v) is 3.37. The predicted molar refractivity (Wildman–Crippen MR) is 108 cm³/mol. The molecule has 0 saturated heterocycles. The molecule has 0 spiro atoms. The van der Waals surface area contributed by atoms with Gasteiger partial charge in [0.15, 0.2) is 6.61 Å². The molecule has 1 amide bonds. The second kappa shape index (κ2) is 9.92. The summed E-state index contributed by atoms with van der Waals surface area (Å²) in [7, 11) is -2.46. The smallest absolute Gasteiger partial charge is 0.340 e. The maximum absolute atomic E-state index is 12.6. The number of anilines is 1. The summed E-state index contributed by atoms with van der Waals surface area (Å²) < 4.78 is 37.7. The Hall–Kier alpha value is -3.07. The minimum Gasteiger partial charge on any atom is -0.497 e. The van der Waals surface area contributed by atoms with E-state index in [1.807, 2.05) is 13.8 Å². The van der Waals surface area contributed by atoms with Crippen LogP contribution in [0.1, 0.15) is 24.2 Å². The van der Waals surface area contributed by atoms with Crippen molar-refractivity contribution in [3.63, 3.8) is 0 Å². The number of sulfonamides is 1. The number of para-hydroxylation sites is 1. The van der Waals surface area contributed by atoms with Crippen LogP contribution in [0.3, 0.4) is 0 Å². The Bertz CT molecular complexity index is 955. The largest absolute Gasteiger partial charge is 0.497 e. The molecule has 2 N–H and O–H groups in total. The SMILES string of the molecule is COc1ccc(S(=O)(=O)Nc2ccccc2C(=O)OCC(=O)NCC(C)C)cc1. The third-order valence-electron chi connectivity index (χ3n) is 3.80. The van der Waals surface area contributed by atoms with Crippen molar-refractivity contribution >= 4 is 27.6 Å². The van der Waals surface area contributed by atoms with Crippen molar-refractivity contribution < 1.29 is 27.5 Å². The molecule has 0 saturated carbocycles. The summed E-state index contributed by atoms with van der Waals surface area (Å²) in [6.45, 7) is 3.90. The Kier molecular flexibility index (Phi) is 7.60. The maximum atomic E-state index is 12.6. The highest BCUT2D eigenvalue weighted by Crippen LogP contribution is 2.22. The first-order valence-electron chi connectivity index (χ1n) is 8.92. The van der Waals surface area contributed by atoms with Gasteiger partial charge >= 0.3 is 5.97 Å². The molecule has 0 fully saturated rings. The van der Waals surface area contributed by atoms with Gasteiger partial charge in [-0.3, -0.25) is 9.52 Å². The molecular formula is C20H24N2O6S. The van der Waals surface area contributed by atoms with E-state index >= 15 is 0 Å². The van der Waals surface area contributed by atoms with Crippen molar-refractivity contribution in [1.29, 1.82) is 0 Å². The number of rotatable bonds is 9. The van der Waals surface area contributed by atoms with E-state index in [0.29, 0.717) is 12.3 Å². The van der Waals surface area contributed by atoms with Gasteiger partial charge in [-0.1, -0.05) is 26.0 Å². The van der Waals surface area contributed by atoms with Gasteiger partial charge in [-0.15, -0.1) is 0 Å². The minimum atomic E-state index is -3.94. The number of hydrogen-bond donors (Lipinski definition) is 2. The molecule has 2 rings (SSSR count). The first-order chi connectivity index (χ1) is 13.7. The standard InChI is InChI=1S/C20H24N2O6S/c1-14(2)12-21-19(23)13-28-20(24)17-6-4-5-7-18(17)22-29(25,26)16-10-8-15(27-3)9-11-16/h4-11,14,22H,12-13H2,1-3H3,(H,21,23). The molecule has 8 nitrogen and oxygen atoms in total. The van der Waals surface area contributed by atoms with Crippen LogP contribution < -0.4 is 14.8 Å². The number of esters is 1. The number of hydrogen-bond acceptors (Lipinski definition) is 6. The highest BCUT2D eigenvalue weighted by Gasteiger charge is 2.20. The number of ether oxygens (including phenoxy) is 2. The Balaban J connectivity index is 2.11. The van der Waals surface area contributed by atoms with E-state index in [1.54, 1.807) is 12.1 Å². The molecule has 9 heteroatoms. The molecular weight excluding hydrogens is 396 g/mol. The molecule has 2 aromatic carbocycles. The van der Waals surface area contributed by atoms with Crippen LogP contribution in [0, 0.1) is 5.92 Å². The van der Waals surface area contributed by atoms with E-state index in [1.165, 1.54) is 43.5 Å². The highest BCUT2D eigenvalue weighted by molar-refractivity contribution is 7.92. The molecule has 0 aliphatic heterocycles. The van der Waals surface area contributed by atoms with E-state index in [2.05, 4.69) is 10.0 Å². The zero-order valence-corrected chi connectivity index (χ0v) is 17.3. The maximum Gasteiger partial charge on any atom is 0.340 e. The van der Waals surface area contributed by atoms with Crippen LogP contribution in [0.2, 0.25) is 0 Å². The quantitative estimate of drug-likeness (QED) is 0.603. The molecule has 0 bridgehead atoms. The van der Waals surface area contributed by atoms with Gasteiger partial charge in [0, 0.05) is 6.54 Å². The Morgan fingerprint density at radius 1 is 1.03 bits per heavy atom. The summed E-state index contributed by atoms with van der Waals surface area (Å²) in [5.74, 6) is -0.451. The Morgan fingerprint density at radius 3 is 2.31 bits per heavy atom. The number of nitrogens with one attached hydrogen (secondary N) is 2. The molecule has 29 heavy (non-hydrogen) atoms. The van der Waals surface area contributed by atoms with Crippen LogP contribution in [-0.2, 0) is 19.6 Å². The lowest BCUT2D eigenvalue weighted by molar-refractivity contribution is -0.124. The van der Waals surface area contributed by atoms with Crippen LogP contribution >= 0.6 is 0 Å². The van der Waals surface area contributed by atoms with Crippen LogP contribution in [0.15, 0.2) is 53.4 Å². The number of methoxy groups -OCH3 is 1. The second-order valence-electron chi connectivity index (χ2n) is 6.60. The summed E-state index contributed by atoms with van der Waals surface area (Å²) in [4.78, 5) is 24.1. The molecule has 0 aromatic heterocycles. The molecule has 0 heterocycles. The number of amides is 1. The van der Waals surface area contributed by atoms with E-state index in [4.69, 9.17) is 9.47 Å². The first-order valence-corrected chi connectivity index (χ1v) is 10.4. The second-order valence-corrected chi connectivity index (χ2v) is 8.28. The van der Waals surface area contributed by atoms with Gasteiger partial charge in [0.2, 0.25) is 0 Å². The molecule has 156 valence electrons. The number of carbonyl (C=O) groups is 2. The van der Waals surface area contributed by atoms with E-state index < -0.39 is 28.5 Å². The number of benzene rings is 2. The molecule has 0 aliphatic carbocycles. The molecule has 0 radical (unpaired) electrons. The highest BCUT2D eigenvalue weighted by atomic mass is 32.2. The van der Waals surface area contributed by atoms with Crippen LogP contribution in [0.25, 0.3) is 0 Å². The third kappa shape index (κ3) is 6.49. The summed E-state index contributed by atoms with van der Waals surface area (Å²) in [6.07, 6.45) is 0. The average molecular weight is 420 g/mol. The lowest BCUT2D eigenvalue weighted by Gasteiger charge is -2.13. The van der Waals surface area contributed by atoms with Crippen molar-refractivity contribution in [3.8, 4) is 5.75 Å². The van der Waals surface area contributed by atoms with Crippen molar-refractivity contribution in [2.75, 3.05) is 25.0 Å². The summed E-state index contributed by atoms with van der Waals surface area (Å²) in [5.41, 5.74) is 0.0529. The molecule has 0 aliphatic rings. The fourth-order valence-electron chi connectivity index (χ4n) is 2.29. The van der Waals surface area contributed by atoms with Crippen LogP contribution in [0.4, 0.5) is 5.69 Å². The monoisotopic (exact) mass is 420 g/mol. The van der Waals surface area contributed by atoms with Gasteiger partial charge in [0.25, 0.3) is 15.9 Å². The van der Waals surface area contributed by atoms with Crippen molar-refractivity contribution in [1.82, 2.24) is 5.32 Å². The minimum absolute atomic E-state index is 0.00115. The zero-order valence-electron chi connectivity index (χ0n) is 16.5. The van der Waals surface area contributed by atoms with Gasteiger partial charge in [-0.2, -0.15) is 0 Å². The average Bonchev–Trinajstić information content (AvgIpc) is 2.70. The Labute approximate surface area is 170 Å². The summed E-state index contributed by atoms with van der Waals surface area (Å²) in [5, 5.41) is 2.63. The van der Waals surface area contributed by atoms with Crippen molar-refractivity contribution in [2.45, 2.75) is 18.7 Å². The topological polar surface area (TPSA) is 111 Å². The van der Waals surface area contributed by atoms with Gasteiger partial charge in [0.1, 0.15) is 5.75 Å². The third-order valence-corrected chi connectivity index (χ3v) is 5.18. The van der Waals surface area contributed by atoms with E-state index in [0.717, 1.165) is 0 Å². The predicted octanol–water partition coefficient (Wildman–Crippen LogP) is 2.42. The van der Waals surface area contributed by atoms with E-state index in [9.17, 15) is 18.0 Å². The van der Waals surface area contributed by atoms with Gasteiger partial charge in [-0.05, 0) is 42.3 Å². The van der Waals surface area contributed by atoms with Crippen molar-refractivity contribution in [2.24, 2.45) is 5.92 Å². The zero-order chi connectivity index (χ0) is 21.4. The van der Waals surface area contributed by atoms with Crippen LogP contribution in [-0.4, -0.2) is 40.6 Å². The van der Waals surface area contributed by atoms with E-state index in [-0.39, 0.29) is 22.1 Å². The lowest BCUT2D eigenvalue weighted by atomic mass is 10.2. The van der Waals surface area contributed by atoms with Gasteiger partial charge in [0.05, 0.1) is 23.3 Å². The summed E-state index contributed by atoms with van der Waals surface area (Å²) in [6, 6.07) is 11.8. The molecule has 0 atom stereocenters. The van der Waals surface area contributed by atoms with Crippen molar-refractivity contribution in [3.05, 3.63) is 54.1 Å².